The van der Waals surface area contributed by atoms with Crippen LogP contribution in [-0.4, -0.2) is 46.7 Å². The van der Waals surface area contributed by atoms with Gasteiger partial charge in [-0.2, -0.15) is 5.10 Å². The molecule has 3 rings (SSSR count). The molecule has 7 heteroatoms. The maximum absolute atomic E-state index is 12.6. The summed E-state index contributed by atoms with van der Waals surface area (Å²) in [6.45, 7) is 12.2. The summed E-state index contributed by atoms with van der Waals surface area (Å²) >= 11 is 0. The largest absolute Gasteiger partial charge is 0.492 e. The predicted molar refractivity (Wildman–Crippen MR) is 128 cm³/mol. The number of nitrogens with zero attached hydrogens (tertiary/aromatic N) is 3. The topological polar surface area (TPSA) is 47.4 Å². The third-order valence-electron chi connectivity index (χ3n) is 5.18. The minimum atomic E-state index is -0.00730. The molecule has 1 fully saturated rings. The number of benzene rings is 1. The second kappa shape index (κ2) is 12.1. The Bertz CT molecular complexity index is 833. The Labute approximate surface area is 192 Å². The van der Waals surface area contributed by atoms with Crippen molar-refractivity contribution in [1.82, 2.24) is 14.7 Å². The number of halogens is 2. The zero-order chi connectivity index (χ0) is 20.1. The number of likely N-dealkylation sites (tertiary alicyclic amines) is 1. The molecule has 0 radical (unpaired) electrons. The van der Waals surface area contributed by atoms with Crippen LogP contribution in [0.4, 0.5) is 0 Å². The van der Waals surface area contributed by atoms with Crippen molar-refractivity contribution in [2.75, 3.05) is 26.2 Å². The second-order valence-electron chi connectivity index (χ2n) is 7.88. The molecule has 0 spiro atoms. The highest BCUT2D eigenvalue weighted by Gasteiger charge is 2.13. The van der Waals surface area contributed by atoms with E-state index in [9.17, 15) is 4.79 Å². The maximum atomic E-state index is 12.6. The Kier molecular flexibility index (Phi) is 10.6. The highest BCUT2D eigenvalue weighted by atomic mass is 35.5. The molecule has 1 aliphatic heterocycles. The van der Waals surface area contributed by atoms with Crippen LogP contribution >= 0.6 is 24.8 Å². The molecule has 0 atom stereocenters. The van der Waals surface area contributed by atoms with Crippen LogP contribution in [0.5, 0.6) is 5.75 Å². The van der Waals surface area contributed by atoms with Gasteiger partial charge in [0.1, 0.15) is 12.4 Å². The predicted octanol–water partition coefficient (Wildman–Crippen LogP) is 5.30. The van der Waals surface area contributed by atoms with E-state index in [1.165, 1.54) is 25.9 Å². The molecule has 0 aliphatic carbocycles. The Morgan fingerprint density at radius 1 is 1.17 bits per heavy atom. The zero-order valence-corrected chi connectivity index (χ0v) is 19.9. The lowest BCUT2D eigenvalue weighted by Crippen LogP contribution is -2.25. The molecular weight excluding hydrogens is 421 g/mol. The van der Waals surface area contributed by atoms with Gasteiger partial charge in [0.05, 0.1) is 6.20 Å². The first-order chi connectivity index (χ1) is 13.4. The molecule has 166 valence electrons. The monoisotopic (exact) mass is 453 g/mol. The van der Waals surface area contributed by atoms with Crippen LogP contribution in [0.3, 0.4) is 0 Å². The van der Waals surface area contributed by atoms with Crippen LogP contribution in [0.1, 0.15) is 59.8 Å². The van der Waals surface area contributed by atoms with Gasteiger partial charge in [0.2, 0.25) is 0 Å². The Hall–Kier alpha value is -1.82. The van der Waals surface area contributed by atoms with E-state index in [-0.39, 0.29) is 30.6 Å². The van der Waals surface area contributed by atoms with Gasteiger partial charge in [0, 0.05) is 29.9 Å². The van der Waals surface area contributed by atoms with Crippen LogP contribution in [0.25, 0.3) is 6.08 Å². The van der Waals surface area contributed by atoms with Crippen LogP contribution in [0, 0.1) is 13.8 Å². The SMILES string of the molecule is Cc1cc(C(=O)C=Cc2cnn(C(C)C)c2)cc(C)c1OCCN1CCCC1.Cl.Cl. The van der Waals surface area contributed by atoms with Crippen LogP contribution in [0.15, 0.2) is 30.6 Å². The normalized spacial score (nSPS) is 14.0. The summed E-state index contributed by atoms with van der Waals surface area (Å²) in [4.78, 5) is 15.0. The van der Waals surface area contributed by atoms with Crippen molar-refractivity contribution in [2.24, 2.45) is 0 Å². The van der Waals surface area contributed by atoms with Crippen molar-refractivity contribution < 1.29 is 9.53 Å². The molecule has 1 aliphatic rings. The summed E-state index contributed by atoms with van der Waals surface area (Å²) in [5, 5.41) is 4.30. The zero-order valence-electron chi connectivity index (χ0n) is 18.3. The van der Waals surface area contributed by atoms with Crippen molar-refractivity contribution in [1.29, 1.82) is 0 Å². The van der Waals surface area contributed by atoms with Crippen LogP contribution in [0.2, 0.25) is 0 Å². The molecule has 0 unspecified atom stereocenters. The fourth-order valence-electron chi connectivity index (χ4n) is 3.59. The number of hydrogen-bond donors (Lipinski definition) is 0. The number of aromatic nitrogens is 2. The van der Waals surface area contributed by atoms with E-state index >= 15 is 0 Å². The number of rotatable bonds is 8. The van der Waals surface area contributed by atoms with Crippen molar-refractivity contribution in [2.45, 2.75) is 46.6 Å². The summed E-state index contributed by atoms with van der Waals surface area (Å²) in [6, 6.07) is 4.14. The number of aryl methyl sites for hydroxylation is 2. The Morgan fingerprint density at radius 3 is 2.37 bits per heavy atom. The van der Waals surface area contributed by atoms with Gasteiger partial charge in [-0.15, -0.1) is 24.8 Å². The molecule has 2 heterocycles. The third-order valence-corrected chi connectivity index (χ3v) is 5.18. The van der Waals surface area contributed by atoms with Gasteiger partial charge < -0.3 is 4.74 Å². The number of carbonyl (C=O) groups is 1. The van der Waals surface area contributed by atoms with Crippen molar-refractivity contribution >= 4 is 36.7 Å². The van der Waals surface area contributed by atoms with E-state index in [1.807, 2.05) is 42.9 Å². The molecule has 0 N–H and O–H groups in total. The number of ketones is 1. The van der Waals surface area contributed by atoms with Gasteiger partial charge in [0.15, 0.2) is 5.78 Å². The summed E-state index contributed by atoms with van der Waals surface area (Å²) in [5.41, 5.74) is 3.63. The molecule has 1 aromatic heterocycles. The van der Waals surface area contributed by atoms with E-state index in [0.717, 1.165) is 29.0 Å². The van der Waals surface area contributed by atoms with Crippen LogP contribution in [-0.2, 0) is 0 Å². The lowest BCUT2D eigenvalue weighted by Gasteiger charge is -2.17. The van der Waals surface area contributed by atoms with Crippen molar-refractivity contribution in [3.8, 4) is 5.75 Å². The van der Waals surface area contributed by atoms with E-state index in [4.69, 9.17) is 4.74 Å². The molecule has 1 saturated heterocycles. The van der Waals surface area contributed by atoms with Crippen molar-refractivity contribution in [3.63, 3.8) is 0 Å². The maximum Gasteiger partial charge on any atom is 0.185 e. The minimum Gasteiger partial charge on any atom is -0.492 e. The van der Waals surface area contributed by atoms with Crippen molar-refractivity contribution in [3.05, 3.63) is 52.9 Å². The molecule has 0 bridgehead atoms. The van der Waals surface area contributed by atoms with Crippen LogP contribution < -0.4 is 4.74 Å². The molecule has 2 aromatic rings. The lowest BCUT2D eigenvalue weighted by molar-refractivity contribution is 0.104. The number of carbonyl (C=O) groups excluding carboxylic acids is 1. The lowest BCUT2D eigenvalue weighted by atomic mass is 10.0. The third kappa shape index (κ3) is 6.86. The van der Waals surface area contributed by atoms with Gasteiger partial charge in [0.25, 0.3) is 0 Å². The van der Waals surface area contributed by atoms with E-state index in [0.29, 0.717) is 18.2 Å². The highest BCUT2D eigenvalue weighted by molar-refractivity contribution is 6.07. The second-order valence-corrected chi connectivity index (χ2v) is 7.88. The van der Waals surface area contributed by atoms with Gasteiger partial charge in [-0.3, -0.25) is 14.4 Å². The molecule has 30 heavy (non-hydrogen) atoms. The summed E-state index contributed by atoms with van der Waals surface area (Å²) in [5.74, 6) is 0.894. The Balaban J connectivity index is 0.00000225. The standard InChI is InChI=1S/C23H31N3O2.2ClH/c1-17(2)26-16-20(15-24-26)7-8-22(27)21-13-18(3)23(19(4)14-21)28-12-11-25-9-5-6-10-25;;/h7-8,13-17H,5-6,9-12H2,1-4H3;2*1H. The smallest absolute Gasteiger partial charge is 0.185 e. The number of allylic oxidation sites excluding steroid dienone is 1. The minimum absolute atomic E-state index is 0. The van der Waals surface area contributed by atoms with E-state index < -0.39 is 0 Å². The fraction of sp³-hybridized carbons (Fsp3) is 0.478. The average Bonchev–Trinajstić information content (AvgIpc) is 3.33. The molecule has 1 aromatic carbocycles. The van der Waals surface area contributed by atoms with Gasteiger partial charge in [-0.1, -0.05) is 0 Å². The first kappa shape index (κ1) is 26.2. The molecule has 5 nitrogen and oxygen atoms in total. The van der Waals surface area contributed by atoms with E-state index in [2.05, 4.69) is 23.8 Å². The van der Waals surface area contributed by atoms with Gasteiger partial charge in [-0.05, 0) is 89.0 Å². The first-order valence-corrected chi connectivity index (χ1v) is 10.2. The molecule has 0 amide bonds. The quantitative estimate of drug-likeness (QED) is 0.402. The summed E-state index contributed by atoms with van der Waals surface area (Å²) in [6.07, 6.45) is 9.74. The van der Waals surface area contributed by atoms with Gasteiger partial charge >= 0.3 is 0 Å². The number of ether oxygens (including phenoxy) is 1. The van der Waals surface area contributed by atoms with Gasteiger partial charge in [-0.25, -0.2) is 0 Å². The molecular formula is C23H33Cl2N3O2. The summed E-state index contributed by atoms with van der Waals surface area (Å²) in [7, 11) is 0. The highest BCUT2D eigenvalue weighted by Crippen LogP contribution is 2.25. The fourth-order valence-corrected chi connectivity index (χ4v) is 3.59. The first-order valence-electron chi connectivity index (χ1n) is 10.2. The van der Waals surface area contributed by atoms with E-state index in [1.54, 1.807) is 12.3 Å². The number of hydrogen-bond acceptors (Lipinski definition) is 4. The molecule has 0 saturated carbocycles. The summed E-state index contributed by atoms with van der Waals surface area (Å²) < 4.78 is 7.92. The average molecular weight is 454 g/mol. The Morgan fingerprint density at radius 2 is 1.80 bits per heavy atom.